The third-order valence-electron chi connectivity index (χ3n) is 6.74. The van der Waals surface area contributed by atoms with Crippen LogP contribution in [0.1, 0.15) is 30.1 Å². The SMILES string of the molecule is COCCOC(=O)c1cnc2[nH]ccc2c1N(C)[C@H]1CN(C(=O)N2CC[C@@H](F)C2)CC[C@H]1C. The number of likely N-dealkylation sites (tertiary alicyclic amines) is 2. The van der Waals surface area contributed by atoms with Crippen molar-refractivity contribution >= 4 is 28.7 Å². The van der Waals surface area contributed by atoms with Gasteiger partial charge in [-0.2, -0.15) is 0 Å². The third-order valence-corrected chi connectivity index (χ3v) is 6.74. The average molecular weight is 462 g/mol. The number of piperidine rings is 1. The van der Waals surface area contributed by atoms with Crippen molar-refractivity contribution < 1.29 is 23.5 Å². The normalized spacial score (nSPS) is 23.2. The van der Waals surface area contributed by atoms with E-state index in [0.717, 1.165) is 17.5 Å². The molecule has 4 heterocycles. The van der Waals surface area contributed by atoms with Crippen molar-refractivity contribution in [2.24, 2.45) is 5.92 Å². The van der Waals surface area contributed by atoms with E-state index in [1.165, 1.54) is 6.20 Å². The van der Waals surface area contributed by atoms with E-state index in [1.54, 1.807) is 18.2 Å². The number of urea groups is 1. The number of nitrogens with one attached hydrogen (secondary N) is 1. The number of halogens is 1. The number of amides is 2. The number of carbonyl (C=O) groups excluding carboxylic acids is 2. The van der Waals surface area contributed by atoms with Gasteiger partial charge in [-0.15, -0.1) is 0 Å². The van der Waals surface area contributed by atoms with Crippen LogP contribution in [0, 0.1) is 5.92 Å². The number of hydrogen-bond donors (Lipinski definition) is 1. The summed E-state index contributed by atoms with van der Waals surface area (Å²) in [5.74, 6) is -0.182. The highest BCUT2D eigenvalue weighted by molar-refractivity contribution is 6.04. The van der Waals surface area contributed by atoms with Crippen LogP contribution in [0.15, 0.2) is 18.5 Å². The smallest absolute Gasteiger partial charge is 0.341 e. The van der Waals surface area contributed by atoms with Crippen LogP contribution in [-0.4, -0.2) is 97.5 Å². The number of carbonyl (C=O) groups is 2. The van der Waals surface area contributed by atoms with Crippen LogP contribution in [-0.2, 0) is 9.47 Å². The third kappa shape index (κ3) is 4.75. The summed E-state index contributed by atoms with van der Waals surface area (Å²) in [6.07, 6.45) is 3.60. The topological polar surface area (TPSA) is 91.0 Å². The van der Waals surface area contributed by atoms with E-state index in [9.17, 15) is 14.0 Å². The number of likely N-dealkylation sites (N-methyl/N-ethyl adjacent to an activating group) is 1. The molecule has 2 aliphatic heterocycles. The first kappa shape index (κ1) is 23.3. The van der Waals surface area contributed by atoms with Crippen LogP contribution in [0.3, 0.4) is 0 Å². The summed E-state index contributed by atoms with van der Waals surface area (Å²) in [6.45, 7) is 4.37. The van der Waals surface area contributed by atoms with E-state index in [0.29, 0.717) is 43.9 Å². The number of rotatable bonds is 6. The van der Waals surface area contributed by atoms with Crippen LogP contribution in [0.25, 0.3) is 11.0 Å². The van der Waals surface area contributed by atoms with Gasteiger partial charge in [-0.3, -0.25) is 0 Å². The maximum Gasteiger partial charge on any atom is 0.341 e. The molecule has 9 nitrogen and oxygen atoms in total. The van der Waals surface area contributed by atoms with E-state index in [2.05, 4.69) is 21.8 Å². The lowest BCUT2D eigenvalue weighted by atomic mass is 9.91. The molecule has 0 spiro atoms. The summed E-state index contributed by atoms with van der Waals surface area (Å²) >= 11 is 0. The number of anilines is 1. The Morgan fingerprint density at radius 3 is 2.73 bits per heavy atom. The molecule has 2 amide bonds. The number of H-pyrrole nitrogens is 1. The minimum Gasteiger partial charge on any atom is -0.460 e. The van der Waals surface area contributed by atoms with Gasteiger partial charge in [0.05, 0.1) is 18.8 Å². The first-order chi connectivity index (χ1) is 15.9. The first-order valence-corrected chi connectivity index (χ1v) is 11.4. The number of hydrogen-bond acceptors (Lipinski definition) is 6. The van der Waals surface area contributed by atoms with Gasteiger partial charge in [-0.25, -0.2) is 19.0 Å². The van der Waals surface area contributed by atoms with Crippen molar-refractivity contribution in [3.8, 4) is 0 Å². The monoisotopic (exact) mass is 461 g/mol. The van der Waals surface area contributed by atoms with Crippen molar-refractivity contribution in [1.82, 2.24) is 19.8 Å². The van der Waals surface area contributed by atoms with Gasteiger partial charge in [0.1, 0.15) is 24.0 Å². The highest BCUT2D eigenvalue weighted by atomic mass is 19.1. The molecule has 0 unspecified atom stereocenters. The van der Waals surface area contributed by atoms with Gasteiger partial charge < -0.3 is 29.2 Å². The Kier molecular flexibility index (Phi) is 7.02. The molecule has 2 aromatic rings. The van der Waals surface area contributed by atoms with E-state index < -0.39 is 12.1 Å². The largest absolute Gasteiger partial charge is 0.460 e. The predicted octanol–water partition coefficient (Wildman–Crippen LogP) is 2.68. The molecule has 0 saturated carbocycles. The molecule has 2 fully saturated rings. The molecule has 0 aromatic carbocycles. The molecule has 0 aliphatic carbocycles. The molecule has 1 N–H and O–H groups in total. The Balaban J connectivity index is 1.60. The van der Waals surface area contributed by atoms with Crippen molar-refractivity contribution in [1.29, 1.82) is 0 Å². The summed E-state index contributed by atoms with van der Waals surface area (Å²) in [5.41, 5.74) is 1.77. The summed E-state index contributed by atoms with van der Waals surface area (Å²) in [6, 6.07) is 1.75. The number of nitrogens with zero attached hydrogens (tertiary/aromatic N) is 4. The second-order valence-electron chi connectivity index (χ2n) is 8.89. The van der Waals surface area contributed by atoms with Crippen molar-refractivity contribution in [3.63, 3.8) is 0 Å². The molecule has 0 bridgehead atoms. The minimum atomic E-state index is -0.943. The molecule has 180 valence electrons. The number of aromatic amines is 1. The Labute approximate surface area is 192 Å². The van der Waals surface area contributed by atoms with Crippen molar-refractivity contribution in [3.05, 3.63) is 24.0 Å². The van der Waals surface area contributed by atoms with Crippen LogP contribution in [0.5, 0.6) is 0 Å². The fourth-order valence-corrected chi connectivity index (χ4v) is 4.80. The lowest BCUT2D eigenvalue weighted by Crippen LogP contribution is -2.55. The first-order valence-electron chi connectivity index (χ1n) is 11.4. The highest BCUT2D eigenvalue weighted by Crippen LogP contribution is 2.34. The van der Waals surface area contributed by atoms with E-state index in [4.69, 9.17) is 9.47 Å². The van der Waals surface area contributed by atoms with Gasteiger partial charge in [0.15, 0.2) is 0 Å². The fraction of sp³-hybridized carbons (Fsp3) is 0.609. The van der Waals surface area contributed by atoms with E-state index >= 15 is 0 Å². The molecule has 3 atom stereocenters. The van der Waals surface area contributed by atoms with Crippen molar-refractivity contribution in [2.75, 3.05) is 58.5 Å². The number of aromatic nitrogens is 2. The quantitative estimate of drug-likeness (QED) is 0.525. The molecule has 0 radical (unpaired) electrons. The number of alkyl halides is 1. The zero-order valence-electron chi connectivity index (χ0n) is 19.4. The molecule has 4 rings (SSSR count). The molecule has 2 aliphatic rings. The Morgan fingerprint density at radius 1 is 1.24 bits per heavy atom. The lowest BCUT2D eigenvalue weighted by Gasteiger charge is -2.43. The Morgan fingerprint density at radius 2 is 2.00 bits per heavy atom. The molecule has 10 heteroatoms. The summed E-state index contributed by atoms with van der Waals surface area (Å²) < 4.78 is 24.0. The number of ether oxygens (including phenoxy) is 2. The van der Waals surface area contributed by atoms with Crippen LogP contribution >= 0.6 is 0 Å². The fourth-order valence-electron chi connectivity index (χ4n) is 4.80. The molecular weight excluding hydrogens is 429 g/mol. The second kappa shape index (κ2) is 9.94. The van der Waals surface area contributed by atoms with Gasteiger partial charge >= 0.3 is 12.0 Å². The van der Waals surface area contributed by atoms with Crippen LogP contribution in [0.2, 0.25) is 0 Å². The zero-order chi connectivity index (χ0) is 23.5. The van der Waals surface area contributed by atoms with E-state index in [-0.39, 0.29) is 31.1 Å². The van der Waals surface area contributed by atoms with Gasteiger partial charge in [-0.1, -0.05) is 6.92 Å². The second-order valence-corrected chi connectivity index (χ2v) is 8.89. The van der Waals surface area contributed by atoms with Gasteiger partial charge in [0.25, 0.3) is 0 Å². The number of esters is 1. The zero-order valence-corrected chi connectivity index (χ0v) is 19.4. The minimum absolute atomic E-state index is 0.0301. The summed E-state index contributed by atoms with van der Waals surface area (Å²) in [4.78, 5) is 38.9. The van der Waals surface area contributed by atoms with Crippen LogP contribution < -0.4 is 4.90 Å². The maximum absolute atomic E-state index is 13.7. The lowest BCUT2D eigenvalue weighted by molar-refractivity contribution is 0.0388. The Hall–Kier alpha value is -2.88. The van der Waals surface area contributed by atoms with Crippen LogP contribution in [0.4, 0.5) is 14.9 Å². The molecule has 2 aromatic heterocycles. The summed E-state index contributed by atoms with van der Waals surface area (Å²) in [5, 5.41) is 0.814. The standard InChI is InChI=1S/C23H32FN5O4/c1-15-5-8-29(23(31)28-9-6-16(24)13-28)14-19(15)27(2)20-17-4-7-25-21(17)26-12-18(20)22(30)33-11-10-32-3/h4,7,12,15-16,19H,5-6,8-11,13-14H2,1-3H3,(H,25,26)/t15-,16-,19+/m1/s1. The average Bonchev–Trinajstić information content (AvgIpc) is 3.46. The molecular formula is C23H32FN5O4. The Bertz CT molecular complexity index is 998. The maximum atomic E-state index is 13.7. The molecule has 2 saturated heterocycles. The predicted molar refractivity (Wildman–Crippen MR) is 122 cm³/mol. The summed E-state index contributed by atoms with van der Waals surface area (Å²) in [7, 11) is 3.49. The van der Waals surface area contributed by atoms with Crippen molar-refractivity contribution in [2.45, 2.75) is 32.0 Å². The number of pyridine rings is 1. The number of methoxy groups -OCH3 is 1. The van der Waals surface area contributed by atoms with Gasteiger partial charge in [-0.05, 0) is 24.8 Å². The molecule has 33 heavy (non-hydrogen) atoms. The van der Waals surface area contributed by atoms with Gasteiger partial charge in [0.2, 0.25) is 0 Å². The van der Waals surface area contributed by atoms with E-state index in [1.807, 2.05) is 18.0 Å². The number of fused-ring (bicyclic) bond motifs is 1. The van der Waals surface area contributed by atoms with Gasteiger partial charge in [0, 0.05) is 57.6 Å². The highest BCUT2D eigenvalue weighted by Gasteiger charge is 2.37.